The quantitative estimate of drug-likeness (QED) is 0.871. The number of rotatable bonds is 4. The lowest BCUT2D eigenvalue weighted by atomic mass is 10.2. The SMILES string of the molecule is CN(C)c1cccc(Oc2ccc(Cl)cc2C(N)=S)c1. The van der Waals surface area contributed by atoms with Crippen molar-refractivity contribution in [3.63, 3.8) is 0 Å². The number of hydrogen-bond donors (Lipinski definition) is 1. The third-order valence-corrected chi connectivity index (χ3v) is 3.22. The molecular formula is C15H15ClN2OS. The Labute approximate surface area is 128 Å². The minimum absolute atomic E-state index is 0.256. The summed E-state index contributed by atoms with van der Waals surface area (Å²) in [6, 6.07) is 13.0. The Morgan fingerprint density at radius 2 is 1.95 bits per heavy atom. The summed E-state index contributed by atoms with van der Waals surface area (Å²) in [5, 5.41) is 0.571. The van der Waals surface area contributed by atoms with Crippen LogP contribution in [0.4, 0.5) is 5.69 Å². The van der Waals surface area contributed by atoms with Crippen LogP contribution in [-0.2, 0) is 0 Å². The Bertz CT molecular complexity index is 644. The first-order valence-electron chi connectivity index (χ1n) is 6.02. The van der Waals surface area contributed by atoms with Crippen LogP contribution in [0.3, 0.4) is 0 Å². The second-order valence-corrected chi connectivity index (χ2v) is 5.37. The van der Waals surface area contributed by atoms with Gasteiger partial charge in [0.2, 0.25) is 0 Å². The number of benzene rings is 2. The first-order chi connectivity index (χ1) is 9.47. The van der Waals surface area contributed by atoms with Gasteiger partial charge in [-0.3, -0.25) is 0 Å². The Hall–Kier alpha value is -1.78. The van der Waals surface area contributed by atoms with Crippen LogP contribution in [0.25, 0.3) is 0 Å². The molecule has 0 saturated heterocycles. The molecule has 0 spiro atoms. The van der Waals surface area contributed by atoms with E-state index in [0.717, 1.165) is 11.4 Å². The summed E-state index contributed by atoms with van der Waals surface area (Å²) in [6.07, 6.45) is 0. The highest BCUT2D eigenvalue weighted by molar-refractivity contribution is 7.80. The number of nitrogens with zero attached hydrogens (tertiary/aromatic N) is 1. The third-order valence-electron chi connectivity index (χ3n) is 2.77. The van der Waals surface area contributed by atoms with Gasteiger partial charge < -0.3 is 15.4 Å². The average Bonchev–Trinajstić information content (AvgIpc) is 2.41. The summed E-state index contributed by atoms with van der Waals surface area (Å²) in [4.78, 5) is 2.26. The number of hydrogen-bond acceptors (Lipinski definition) is 3. The molecule has 0 aliphatic heterocycles. The van der Waals surface area contributed by atoms with Gasteiger partial charge in [-0.25, -0.2) is 0 Å². The summed E-state index contributed by atoms with van der Waals surface area (Å²) >= 11 is 11.0. The zero-order chi connectivity index (χ0) is 14.7. The largest absolute Gasteiger partial charge is 0.457 e. The Morgan fingerprint density at radius 1 is 1.20 bits per heavy atom. The minimum Gasteiger partial charge on any atom is -0.457 e. The van der Waals surface area contributed by atoms with Crippen LogP contribution in [0, 0.1) is 0 Å². The van der Waals surface area contributed by atoms with Crippen molar-refractivity contribution < 1.29 is 4.74 Å². The molecule has 0 aliphatic carbocycles. The fraction of sp³-hybridized carbons (Fsp3) is 0.133. The molecule has 0 atom stereocenters. The second kappa shape index (κ2) is 6.11. The summed E-state index contributed by atoms with van der Waals surface area (Å²) in [7, 11) is 3.95. The van der Waals surface area contributed by atoms with Crippen molar-refractivity contribution in [1.82, 2.24) is 0 Å². The zero-order valence-corrected chi connectivity index (χ0v) is 12.8. The molecule has 0 unspecified atom stereocenters. The van der Waals surface area contributed by atoms with Crippen molar-refractivity contribution in [3.05, 3.63) is 53.1 Å². The topological polar surface area (TPSA) is 38.5 Å². The van der Waals surface area contributed by atoms with Crippen LogP contribution >= 0.6 is 23.8 Å². The Morgan fingerprint density at radius 3 is 2.60 bits per heavy atom. The molecule has 0 bridgehead atoms. The number of nitrogens with two attached hydrogens (primary N) is 1. The molecule has 2 N–H and O–H groups in total. The minimum atomic E-state index is 0.256. The highest BCUT2D eigenvalue weighted by Crippen LogP contribution is 2.29. The van der Waals surface area contributed by atoms with E-state index in [9.17, 15) is 0 Å². The molecule has 0 saturated carbocycles. The molecule has 0 fully saturated rings. The van der Waals surface area contributed by atoms with Gasteiger partial charge in [0.1, 0.15) is 16.5 Å². The predicted octanol–water partition coefficient (Wildman–Crippen LogP) is 3.83. The summed E-state index contributed by atoms with van der Waals surface area (Å²) < 4.78 is 5.86. The molecule has 0 aromatic heterocycles. The van der Waals surface area contributed by atoms with Gasteiger partial charge in [-0.15, -0.1) is 0 Å². The van der Waals surface area contributed by atoms with E-state index in [2.05, 4.69) is 0 Å². The molecular weight excluding hydrogens is 292 g/mol. The van der Waals surface area contributed by atoms with E-state index in [4.69, 9.17) is 34.3 Å². The van der Waals surface area contributed by atoms with Crippen LogP contribution in [-0.4, -0.2) is 19.1 Å². The van der Waals surface area contributed by atoms with E-state index in [-0.39, 0.29) is 4.99 Å². The van der Waals surface area contributed by atoms with Crippen LogP contribution in [0.5, 0.6) is 11.5 Å². The normalized spacial score (nSPS) is 10.2. The van der Waals surface area contributed by atoms with Crippen LogP contribution < -0.4 is 15.4 Å². The number of anilines is 1. The second-order valence-electron chi connectivity index (χ2n) is 4.50. The van der Waals surface area contributed by atoms with Crippen molar-refractivity contribution in [2.75, 3.05) is 19.0 Å². The summed E-state index contributed by atoms with van der Waals surface area (Å²) in [5.74, 6) is 1.31. The standard InChI is InChI=1S/C15H15ClN2OS/c1-18(2)11-4-3-5-12(9-11)19-14-7-6-10(16)8-13(14)15(17)20/h3-9H,1-2H3,(H2,17,20). The van der Waals surface area contributed by atoms with Gasteiger partial charge in [-0.05, 0) is 30.3 Å². The predicted molar refractivity (Wildman–Crippen MR) is 88.2 cm³/mol. The van der Waals surface area contributed by atoms with E-state index in [1.807, 2.05) is 43.3 Å². The molecule has 0 amide bonds. The number of halogens is 1. The monoisotopic (exact) mass is 306 g/mol. The van der Waals surface area contributed by atoms with Gasteiger partial charge >= 0.3 is 0 Å². The lowest BCUT2D eigenvalue weighted by molar-refractivity contribution is 0.482. The lowest BCUT2D eigenvalue weighted by Crippen LogP contribution is -2.11. The molecule has 20 heavy (non-hydrogen) atoms. The van der Waals surface area contributed by atoms with Gasteiger partial charge in [0.25, 0.3) is 0 Å². The third kappa shape index (κ3) is 3.40. The zero-order valence-electron chi connectivity index (χ0n) is 11.3. The van der Waals surface area contributed by atoms with Gasteiger partial charge in [-0.1, -0.05) is 29.9 Å². The molecule has 0 aliphatic rings. The van der Waals surface area contributed by atoms with E-state index < -0.39 is 0 Å². The first kappa shape index (κ1) is 14.6. The number of ether oxygens (including phenoxy) is 1. The average molecular weight is 307 g/mol. The molecule has 0 heterocycles. The molecule has 5 heteroatoms. The molecule has 0 radical (unpaired) electrons. The smallest absolute Gasteiger partial charge is 0.137 e. The maximum atomic E-state index is 5.95. The van der Waals surface area contributed by atoms with Gasteiger partial charge in [0, 0.05) is 30.9 Å². The van der Waals surface area contributed by atoms with Crippen molar-refractivity contribution in [2.24, 2.45) is 5.73 Å². The Kier molecular flexibility index (Phi) is 4.47. The molecule has 2 aromatic carbocycles. The lowest BCUT2D eigenvalue weighted by Gasteiger charge is -2.15. The van der Waals surface area contributed by atoms with Gasteiger partial charge in [0.05, 0.1) is 5.56 Å². The Balaban J connectivity index is 2.35. The van der Waals surface area contributed by atoms with E-state index in [1.165, 1.54) is 0 Å². The van der Waals surface area contributed by atoms with E-state index in [0.29, 0.717) is 16.3 Å². The van der Waals surface area contributed by atoms with Gasteiger partial charge in [0.15, 0.2) is 0 Å². The maximum Gasteiger partial charge on any atom is 0.137 e. The fourth-order valence-corrected chi connectivity index (χ4v) is 2.07. The highest BCUT2D eigenvalue weighted by Gasteiger charge is 2.09. The summed E-state index contributed by atoms with van der Waals surface area (Å²) in [6.45, 7) is 0. The van der Waals surface area contributed by atoms with Crippen molar-refractivity contribution >= 4 is 34.5 Å². The summed E-state index contributed by atoms with van der Waals surface area (Å²) in [5.41, 5.74) is 7.38. The van der Waals surface area contributed by atoms with Crippen LogP contribution in [0.1, 0.15) is 5.56 Å². The molecule has 2 aromatic rings. The first-order valence-corrected chi connectivity index (χ1v) is 6.80. The highest BCUT2D eigenvalue weighted by atomic mass is 35.5. The van der Waals surface area contributed by atoms with Crippen molar-refractivity contribution in [3.8, 4) is 11.5 Å². The molecule has 104 valence electrons. The van der Waals surface area contributed by atoms with Crippen LogP contribution in [0.2, 0.25) is 5.02 Å². The van der Waals surface area contributed by atoms with Gasteiger partial charge in [-0.2, -0.15) is 0 Å². The molecule has 2 rings (SSSR count). The fourth-order valence-electron chi connectivity index (χ4n) is 1.74. The van der Waals surface area contributed by atoms with Crippen LogP contribution in [0.15, 0.2) is 42.5 Å². The maximum absolute atomic E-state index is 5.95. The van der Waals surface area contributed by atoms with E-state index >= 15 is 0 Å². The number of thiocarbonyl (C=S) groups is 1. The van der Waals surface area contributed by atoms with E-state index in [1.54, 1.807) is 18.2 Å². The van der Waals surface area contributed by atoms with Crippen molar-refractivity contribution in [1.29, 1.82) is 0 Å². The molecule has 3 nitrogen and oxygen atoms in total. The van der Waals surface area contributed by atoms with Crippen molar-refractivity contribution in [2.45, 2.75) is 0 Å².